The van der Waals surface area contributed by atoms with Gasteiger partial charge in [0.1, 0.15) is 0 Å². The highest BCUT2D eigenvalue weighted by Gasteiger charge is 2.54. The maximum Gasteiger partial charge on any atom is 0.325 e. The van der Waals surface area contributed by atoms with Crippen molar-refractivity contribution in [3.8, 4) is 0 Å². The van der Waals surface area contributed by atoms with Gasteiger partial charge in [-0.15, -0.1) is 0 Å². The highest BCUT2D eigenvalue weighted by molar-refractivity contribution is 7.91. The Balaban J connectivity index is 1.76. The summed E-state index contributed by atoms with van der Waals surface area (Å²) in [5.74, 6) is -0.00890. The van der Waals surface area contributed by atoms with E-state index in [4.69, 9.17) is 11.6 Å². The Kier molecular flexibility index (Phi) is 4.43. The summed E-state index contributed by atoms with van der Waals surface area (Å²) in [5.41, 5.74) is 3.59. The smallest absolute Gasteiger partial charge is 0.314 e. The molecule has 0 spiro atoms. The second kappa shape index (κ2) is 6.53. The predicted octanol–water partition coefficient (Wildman–Crippen LogP) is 3.56. The van der Waals surface area contributed by atoms with Crippen molar-refractivity contribution in [1.29, 1.82) is 0 Å². The van der Waals surface area contributed by atoms with Gasteiger partial charge in [0.15, 0.2) is 9.84 Å². The molecule has 0 bridgehead atoms. The fourth-order valence-electron chi connectivity index (χ4n) is 4.03. The fraction of sp³-hybridized carbons (Fsp3) is 0.350. The molecule has 2 aromatic rings. The molecule has 2 fully saturated rings. The summed E-state index contributed by atoms with van der Waals surface area (Å²) in [5, 5.41) is 0.577. The van der Waals surface area contributed by atoms with E-state index in [1.54, 1.807) is 15.9 Å². The van der Waals surface area contributed by atoms with Crippen molar-refractivity contribution in [2.75, 3.05) is 16.4 Å². The average molecular weight is 405 g/mol. The lowest BCUT2D eigenvalue weighted by molar-refractivity contribution is 0.206. The quantitative estimate of drug-likeness (QED) is 0.735. The van der Waals surface area contributed by atoms with Crippen LogP contribution in [0.25, 0.3) is 0 Å². The van der Waals surface area contributed by atoms with Crippen molar-refractivity contribution in [2.24, 2.45) is 0 Å². The normalized spacial score (nSPS) is 23.7. The molecule has 5 nitrogen and oxygen atoms in total. The molecule has 142 valence electrons. The van der Waals surface area contributed by atoms with Gasteiger partial charge in [0, 0.05) is 17.3 Å². The zero-order valence-electron chi connectivity index (χ0n) is 15.2. The first-order valence-electron chi connectivity index (χ1n) is 8.88. The van der Waals surface area contributed by atoms with Gasteiger partial charge in [-0.1, -0.05) is 41.9 Å². The summed E-state index contributed by atoms with van der Waals surface area (Å²) in [7, 11) is -3.20. The van der Waals surface area contributed by atoms with Gasteiger partial charge in [0.2, 0.25) is 0 Å². The first kappa shape index (κ1) is 18.3. The molecule has 0 aliphatic carbocycles. The first-order valence-corrected chi connectivity index (χ1v) is 11.1. The van der Waals surface area contributed by atoms with Crippen molar-refractivity contribution >= 4 is 33.2 Å². The van der Waals surface area contributed by atoms with Crippen molar-refractivity contribution < 1.29 is 13.2 Å². The van der Waals surface area contributed by atoms with E-state index in [0.29, 0.717) is 11.6 Å². The van der Waals surface area contributed by atoms with Crippen LogP contribution in [0.2, 0.25) is 5.02 Å². The minimum absolute atomic E-state index is 0.00416. The Hall–Kier alpha value is -2.05. The minimum atomic E-state index is -3.20. The van der Waals surface area contributed by atoms with Crippen LogP contribution in [-0.4, -0.2) is 42.9 Å². The summed E-state index contributed by atoms with van der Waals surface area (Å²) < 4.78 is 24.7. The number of nitrogens with zero attached hydrogens (tertiary/aromatic N) is 2. The van der Waals surface area contributed by atoms with Gasteiger partial charge in [-0.3, -0.25) is 4.90 Å². The highest BCUT2D eigenvalue weighted by atomic mass is 35.5. The molecule has 0 radical (unpaired) electrons. The number of sulfone groups is 1. The van der Waals surface area contributed by atoms with E-state index in [0.717, 1.165) is 22.4 Å². The van der Waals surface area contributed by atoms with Crippen molar-refractivity contribution in [2.45, 2.75) is 32.5 Å². The Morgan fingerprint density at radius 2 is 1.78 bits per heavy atom. The van der Waals surface area contributed by atoms with Crippen LogP contribution in [0.5, 0.6) is 0 Å². The molecule has 2 aromatic carbocycles. The minimum Gasteiger partial charge on any atom is -0.314 e. The number of carbonyl (C=O) groups excluding carboxylic acids is 1. The SMILES string of the molecule is Cc1ccc(C)c(N2C(=O)N(Cc3ccccc3Cl)C3CS(=O)(=O)CC32)c1. The van der Waals surface area contributed by atoms with Crippen LogP contribution in [0, 0.1) is 13.8 Å². The van der Waals surface area contributed by atoms with E-state index in [-0.39, 0.29) is 29.6 Å². The number of aryl methyl sites for hydroxylation is 2. The molecule has 2 atom stereocenters. The number of hydrogen-bond donors (Lipinski definition) is 0. The lowest BCUT2D eigenvalue weighted by Gasteiger charge is -2.24. The number of fused-ring (bicyclic) bond motifs is 1. The van der Waals surface area contributed by atoms with Gasteiger partial charge in [0.05, 0.1) is 23.6 Å². The number of urea groups is 1. The van der Waals surface area contributed by atoms with Gasteiger partial charge in [-0.25, -0.2) is 13.2 Å². The number of carbonyl (C=O) groups is 1. The topological polar surface area (TPSA) is 57.7 Å². The number of halogens is 1. The second-order valence-electron chi connectivity index (χ2n) is 7.37. The van der Waals surface area contributed by atoms with E-state index in [1.807, 2.05) is 50.2 Å². The number of hydrogen-bond acceptors (Lipinski definition) is 3. The predicted molar refractivity (Wildman–Crippen MR) is 107 cm³/mol. The van der Waals surface area contributed by atoms with Gasteiger partial charge in [-0.2, -0.15) is 0 Å². The van der Waals surface area contributed by atoms with Gasteiger partial charge in [-0.05, 0) is 42.7 Å². The molecular weight excluding hydrogens is 384 g/mol. The van der Waals surface area contributed by atoms with Crippen LogP contribution in [0.1, 0.15) is 16.7 Å². The number of amides is 2. The lowest BCUT2D eigenvalue weighted by Crippen LogP contribution is -2.38. The van der Waals surface area contributed by atoms with Gasteiger partial charge < -0.3 is 4.90 Å². The summed E-state index contributed by atoms with van der Waals surface area (Å²) in [4.78, 5) is 16.7. The Morgan fingerprint density at radius 1 is 1.07 bits per heavy atom. The highest BCUT2D eigenvalue weighted by Crippen LogP contribution is 2.38. The maximum atomic E-state index is 13.3. The molecule has 2 aliphatic rings. The molecule has 2 unspecified atom stereocenters. The Labute approximate surface area is 164 Å². The molecule has 2 heterocycles. The van der Waals surface area contributed by atoms with Gasteiger partial charge in [0.25, 0.3) is 0 Å². The third-order valence-electron chi connectivity index (χ3n) is 5.40. The molecule has 7 heteroatoms. The first-order chi connectivity index (χ1) is 12.8. The van der Waals surface area contributed by atoms with E-state index in [1.165, 1.54) is 0 Å². The van der Waals surface area contributed by atoms with Crippen LogP contribution >= 0.6 is 11.6 Å². The monoisotopic (exact) mass is 404 g/mol. The molecule has 2 aliphatic heterocycles. The number of benzene rings is 2. The Bertz CT molecular complexity index is 1020. The largest absolute Gasteiger partial charge is 0.325 e. The third kappa shape index (κ3) is 3.21. The second-order valence-corrected chi connectivity index (χ2v) is 9.93. The van der Waals surface area contributed by atoms with Crippen molar-refractivity contribution in [3.63, 3.8) is 0 Å². The molecule has 0 aromatic heterocycles. The van der Waals surface area contributed by atoms with Crippen LogP contribution in [-0.2, 0) is 16.4 Å². The summed E-state index contributed by atoms with van der Waals surface area (Å²) in [6.45, 7) is 4.21. The molecular formula is C20H21ClN2O3S. The van der Waals surface area contributed by atoms with E-state index < -0.39 is 9.84 Å². The molecule has 4 rings (SSSR count). The van der Waals surface area contributed by atoms with E-state index in [9.17, 15) is 13.2 Å². The molecule has 27 heavy (non-hydrogen) atoms. The van der Waals surface area contributed by atoms with Crippen LogP contribution in [0.4, 0.5) is 10.5 Å². The fourth-order valence-corrected chi connectivity index (χ4v) is 6.18. The molecule has 0 N–H and O–H groups in total. The van der Waals surface area contributed by atoms with Crippen molar-refractivity contribution in [1.82, 2.24) is 4.90 Å². The summed E-state index contributed by atoms with van der Waals surface area (Å²) >= 11 is 6.28. The zero-order valence-corrected chi connectivity index (χ0v) is 16.8. The number of rotatable bonds is 3. The molecule has 2 amide bonds. The van der Waals surface area contributed by atoms with E-state index in [2.05, 4.69) is 0 Å². The average Bonchev–Trinajstić information content (AvgIpc) is 3.03. The summed E-state index contributed by atoms with van der Waals surface area (Å²) in [6.07, 6.45) is 0. The molecule has 0 saturated carbocycles. The zero-order chi connectivity index (χ0) is 19.3. The Morgan fingerprint density at radius 3 is 2.52 bits per heavy atom. The van der Waals surface area contributed by atoms with Crippen LogP contribution in [0.15, 0.2) is 42.5 Å². The lowest BCUT2D eigenvalue weighted by atomic mass is 10.1. The maximum absolute atomic E-state index is 13.3. The third-order valence-corrected chi connectivity index (χ3v) is 7.47. The standard InChI is InChI=1S/C20H21ClN2O3S/c1-13-7-8-14(2)17(9-13)23-19-12-27(25,26)11-18(19)22(20(23)24)10-15-5-3-4-6-16(15)21/h3-9,18-19H,10-12H2,1-2H3. The number of anilines is 1. The van der Waals surface area contributed by atoms with Crippen LogP contribution < -0.4 is 4.90 Å². The summed E-state index contributed by atoms with van der Waals surface area (Å²) in [6, 6.07) is 12.4. The van der Waals surface area contributed by atoms with Gasteiger partial charge >= 0.3 is 6.03 Å². The molecule has 2 saturated heterocycles. The van der Waals surface area contributed by atoms with E-state index >= 15 is 0 Å². The van der Waals surface area contributed by atoms with Crippen LogP contribution in [0.3, 0.4) is 0 Å². The van der Waals surface area contributed by atoms with Crippen molar-refractivity contribution in [3.05, 3.63) is 64.2 Å².